The first-order chi connectivity index (χ1) is 17.4. The molecule has 5 aromatic rings. The predicted octanol–water partition coefficient (Wildman–Crippen LogP) is 5.46. The number of carbonyl (C=O) groups excluding carboxylic acids is 1. The fraction of sp³-hybridized carbons (Fsp3) is 0.0741. The summed E-state index contributed by atoms with van der Waals surface area (Å²) >= 11 is 6.08. The first-order valence-electron chi connectivity index (χ1n) is 10.6. The van der Waals surface area contributed by atoms with E-state index in [9.17, 15) is 14.4 Å². The smallest absolute Gasteiger partial charge is 0.351 e. The summed E-state index contributed by atoms with van der Waals surface area (Å²) in [4.78, 5) is 38.0. The number of carbonyl (C=O) groups is 1. The minimum absolute atomic E-state index is 0.102. The van der Waals surface area contributed by atoms with Crippen LogP contribution in [-0.4, -0.2) is 20.2 Å². The molecule has 8 nitrogen and oxygen atoms in total. The Morgan fingerprint density at radius 3 is 2.28 bits per heavy atom. The molecule has 0 atom stereocenters. The molecule has 9 heteroatoms. The molecule has 0 aliphatic rings. The number of hydrogen-bond acceptors (Lipinski definition) is 8. The summed E-state index contributed by atoms with van der Waals surface area (Å²) in [7, 11) is 2.85. The average molecular weight is 505 g/mol. The van der Waals surface area contributed by atoms with Crippen molar-refractivity contribution in [1.82, 2.24) is 0 Å². The molecule has 2 heterocycles. The van der Waals surface area contributed by atoms with Gasteiger partial charge in [0.25, 0.3) is 0 Å². The first kappa shape index (κ1) is 23.2. The Morgan fingerprint density at radius 1 is 0.806 bits per heavy atom. The van der Waals surface area contributed by atoms with Crippen LogP contribution in [0.2, 0.25) is 5.02 Å². The van der Waals surface area contributed by atoms with Crippen molar-refractivity contribution in [3.05, 3.63) is 98.2 Å². The van der Waals surface area contributed by atoms with E-state index in [0.29, 0.717) is 26.9 Å². The van der Waals surface area contributed by atoms with Crippen molar-refractivity contribution in [3.8, 4) is 28.4 Å². The van der Waals surface area contributed by atoms with Gasteiger partial charge >= 0.3 is 17.2 Å². The van der Waals surface area contributed by atoms with Gasteiger partial charge in [-0.25, -0.2) is 14.4 Å². The van der Waals surface area contributed by atoms with Gasteiger partial charge < -0.3 is 23.0 Å². The number of methoxy groups -OCH3 is 2. The third kappa shape index (κ3) is 4.18. The Kier molecular flexibility index (Phi) is 5.95. The van der Waals surface area contributed by atoms with Crippen LogP contribution in [0.4, 0.5) is 0 Å². The second kappa shape index (κ2) is 9.24. The van der Waals surface area contributed by atoms with Crippen LogP contribution in [0.5, 0.6) is 17.2 Å². The van der Waals surface area contributed by atoms with Gasteiger partial charge in [0.2, 0.25) is 0 Å². The second-order valence-electron chi connectivity index (χ2n) is 7.69. The lowest BCUT2D eigenvalue weighted by molar-refractivity contribution is 0.0727. The fourth-order valence-electron chi connectivity index (χ4n) is 3.92. The lowest BCUT2D eigenvalue weighted by Crippen LogP contribution is -2.12. The fourth-order valence-corrected chi connectivity index (χ4v) is 4.10. The first-order valence-corrected chi connectivity index (χ1v) is 11.0. The van der Waals surface area contributed by atoms with E-state index in [4.69, 9.17) is 34.6 Å². The molecule has 36 heavy (non-hydrogen) atoms. The summed E-state index contributed by atoms with van der Waals surface area (Å²) in [5.74, 6) is -0.0681. The van der Waals surface area contributed by atoms with Crippen LogP contribution in [0.1, 0.15) is 10.4 Å². The molecule has 0 saturated heterocycles. The molecule has 0 radical (unpaired) electrons. The molecule has 0 aliphatic heterocycles. The van der Waals surface area contributed by atoms with Crippen molar-refractivity contribution in [2.45, 2.75) is 0 Å². The van der Waals surface area contributed by atoms with Crippen LogP contribution < -0.4 is 25.5 Å². The van der Waals surface area contributed by atoms with Crippen LogP contribution in [-0.2, 0) is 0 Å². The monoisotopic (exact) mass is 504 g/mol. The molecule has 2 aromatic heterocycles. The minimum Gasteiger partial charge on any atom is -0.496 e. The van der Waals surface area contributed by atoms with Crippen LogP contribution in [0, 0.1) is 0 Å². The molecule has 0 saturated carbocycles. The van der Waals surface area contributed by atoms with Crippen molar-refractivity contribution < 1.29 is 27.8 Å². The number of rotatable bonds is 5. The van der Waals surface area contributed by atoms with Crippen LogP contribution in [0.3, 0.4) is 0 Å². The SMILES string of the molecule is COc1cccc(OC)c1C(=O)Oc1ccc2c(-c3cc4cc(Cl)ccc4oc3=O)cc(=O)oc2c1. The highest BCUT2D eigenvalue weighted by Crippen LogP contribution is 2.32. The summed E-state index contributed by atoms with van der Waals surface area (Å²) in [5, 5.41) is 1.51. The van der Waals surface area contributed by atoms with E-state index in [1.54, 1.807) is 48.5 Å². The molecule has 0 amide bonds. The van der Waals surface area contributed by atoms with E-state index in [1.165, 1.54) is 32.4 Å². The van der Waals surface area contributed by atoms with Crippen LogP contribution in [0.15, 0.2) is 85.2 Å². The summed E-state index contributed by atoms with van der Waals surface area (Å²) in [6.07, 6.45) is 0. The molecule has 0 unspecified atom stereocenters. The largest absolute Gasteiger partial charge is 0.496 e. The van der Waals surface area contributed by atoms with E-state index < -0.39 is 17.2 Å². The lowest BCUT2D eigenvalue weighted by atomic mass is 10.0. The highest BCUT2D eigenvalue weighted by molar-refractivity contribution is 6.31. The maximum Gasteiger partial charge on any atom is 0.351 e. The molecule has 0 bridgehead atoms. The summed E-state index contributed by atoms with van der Waals surface area (Å²) in [5.41, 5.74) is -0.284. The van der Waals surface area contributed by atoms with Gasteiger partial charge in [-0.3, -0.25) is 0 Å². The van der Waals surface area contributed by atoms with Crippen molar-refractivity contribution in [2.24, 2.45) is 0 Å². The predicted molar refractivity (Wildman–Crippen MR) is 133 cm³/mol. The number of halogens is 1. The second-order valence-corrected chi connectivity index (χ2v) is 8.13. The van der Waals surface area contributed by atoms with Crippen LogP contribution >= 0.6 is 11.6 Å². The van der Waals surface area contributed by atoms with E-state index in [0.717, 1.165) is 0 Å². The number of hydrogen-bond donors (Lipinski definition) is 0. The van der Waals surface area contributed by atoms with Gasteiger partial charge in [-0.15, -0.1) is 0 Å². The third-order valence-electron chi connectivity index (χ3n) is 5.54. The van der Waals surface area contributed by atoms with Crippen LogP contribution in [0.25, 0.3) is 33.1 Å². The number of fused-ring (bicyclic) bond motifs is 2. The average Bonchev–Trinajstić information content (AvgIpc) is 2.87. The zero-order chi connectivity index (χ0) is 25.4. The van der Waals surface area contributed by atoms with Gasteiger partial charge in [-0.05, 0) is 48.5 Å². The number of benzene rings is 3. The maximum atomic E-state index is 12.9. The summed E-state index contributed by atoms with van der Waals surface area (Å²) in [6.45, 7) is 0. The van der Waals surface area contributed by atoms with E-state index in [-0.39, 0.29) is 34.0 Å². The molecule has 0 aliphatic carbocycles. The quantitative estimate of drug-likeness (QED) is 0.176. The number of esters is 1. The Labute approximate surface area is 208 Å². The van der Waals surface area contributed by atoms with Gasteiger partial charge in [0.1, 0.15) is 34.0 Å². The standard InChI is InChI=1S/C27H17ClO8/c1-32-21-4-3-5-22(33-2)25(21)27(31)34-16-7-8-17-18(13-24(29)35-23(17)12-16)19-11-14-10-15(28)6-9-20(14)36-26(19)30/h3-13H,1-2H3. The summed E-state index contributed by atoms with van der Waals surface area (Å²) < 4.78 is 26.8. The van der Waals surface area contributed by atoms with E-state index in [1.807, 2.05) is 0 Å². The van der Waals surface area contributed by atoms with E-state index in [2.05, 4.69) is 0 Å². The zero-order valence-corrected chi connectivity index (χ0v) is 19.8. The zero-order valence-electron chi connectivity index (χ0n) is 19.0. The topological polar surface area (TPSA) is 105 Å². The molecule has 3 aromatic carbocycles. The van der Waals surface area contributed by atoms with Gasteiger partial charge in [0.05, 0.1) is 19.8 Å². The normalized spacial score (nSPS) is 11.0. The molecular formula is C27H17ClO8. The Balaban J connectivity index is 1.59. The molecular weight excluding hydrogens is 488 g/mol. The molecule has 5 rings (SSSR count). The molecule has 0 fully saturated rings. The van der Waals surface area contributed by atoms with Crippen molar-refractivity contribution in [2.75, 3.05) is 14.2 Å². The Bertz CT molecular complexity index is 1740. The Morgan fingerprint density at radius 2 is 1.56 bits per heavy atom. The Hall–Kier alpha value is -4.56. The highest BCUT2D eigenvalue weighted by Gasteiger charge is 2.21. The third-order valence-corrected chi connectivity index (χ3v) is 5.78. The van der Waals surface area contributed by atoms with E-state index >= 15 is 0 Å². The summed E-state index contributed by atoms with van der Waals surface area (Å²) in [6, 6.07) is 17.0. The lowest BCUT2D eigenvalue weighted by Gasteiger charge is -2.12. The van der Waals surface area contributed by atoms with Crippen molar-refractivity contribution >= 4 is 39.5 Å². The molecule has 180 valence electrons. The number of ether oxygens (including phenoxy) is 3. The molecule has 0 spiro atoms. The maximum absolute atomic E-state index is 12.9. The minimum atomic E-state index is -0.728. The van der Waals surface area contributed by atoms with Gasteiger partial charge in [-0.1, -0.05) is 17.7 Å². The van der Waals surface area contributed by atoms with Crippen molar-refractivity contribution in [1.29, 1.82) is 0 Å². The van der Waals surface area contributed by atoms with Gasteiger partial charge in [0, 0.05) is 33.5 Å². The molecule has 0 N–H and O–H groups in total. The highest BCUT2D eigenvalue weighted by atomic mass is 35.5. The van der Waals surface area contributed by atoms with Gasteiger partial charge in [0.15, 0.2) is 0 Å². The van der Waals surface area contributed by atoms with Gasteiger partial charge in [-0.2, -0.15) is 0 Å². The van der Waals surface area contributed by atoms with Crippen molar-refractivity contribution in [3.63, 3.8) is 0 Å².